The van der Waals surface area contributed by atoms with Crippen LogP contribution in [0.3, 0.4) is 0 Å². The Morgan fingerprint density at radius 3 is 2.22 bits per heavy atom. The van der Waals surface area contributed by atoms with Gasteiger partial charge in [-0.3, -0.25) is 4.79 Å². The molecule has 4 rings (SSSR count). The van der Waals surface area contributed by atoms with Crippen LogP contribution in [-0.2, 0) is 14.3 Å². The number of esters is 1. The number of rotatable bonds is 6. The Morgan fingerprint density at radius 2 is 1.62 bits per heavy atom. The highest BCUT2D eigenvalue weighted by Crippen LogP contribution is 2.47. The van der Waals surface area contributed by atoms with Gasteiger partial charge in [0.1, 0.15) is 6.10 Å². The fourth-order valence-electron chi connectivity index (χ4n) is 5.08. The van der Waals surface area contributed by atoms with Crippen molar-refractivity contribution >= 4 is 11.8 Å². The Bertz CT molecular complexity index is 961. The third kappa shape index (κ3) is 3.96. The Balaban J connectivity index is 1.85. The molecule has 1 aromatic rings. The molecule has 2 aliphatic carbocycles. The molecule has 0 spiro atoms. The first-order valence-electron chi connectivity index (χ1n) is 11.2. The summed E-state index contributed by atoms with van der Waals surface area (Å²) in [6, 6.07) is 3.64. The molecular formula is C25H31NO6. The molecule has 1 aromatic carbocycles. The smallest absolute Gasteiger partial charge is 0.337 e. The Labute approximate surface area is 188 Å². The molecule has 1 N–H and O–H groups in total. The zero-order valence-corrected chi connectivity index (χ0v) is 19.2. The van der Waals surface area contributed by atoms with Gasteiger partial charge in [0.25, 0.3) is 0 Å². The van der Waals surface area contributed by atoms with E-state index in [1.807, 2.05) is 19.1 Å². The summed E-state index contributed by atoms with van der Waals surface area (Å²) in [5.74, 6) is 0.551. The van der Waals surface area contributed by atoms with E-state index in [1.54, 1.807) is 21.3 Å². The molecule has 0 saturated heterocycles. The minimum absolute atomic E-state index is 0.0520. The first kappa shape index (κ1) is 22.2. The van der Waals surface area contributed by atoms with E-state index < -0.39 is 5.92 Å². The number of benzene rings is 1. The largest absolute Gasteiger partial charge is 0.493 e. The molecule has 32 heavy (non-hydrogen) atoms. The van der Waals surface area contributed by atoms with E-state index in [1.165, 1.54) is 0 Å². The fraction of sp³-hybridized carbons (Fsp3) is 0.520. The van der Waals surface area contributed by atoms with Crippen molar-refractivity contribution in [2.75, 3.05) is 21.3 Å². The van der Waals surface area contributed by atoms with Crippen LogP contribution in [0.1, 0.15) is 63.4 Å². The standard InChI is InChI=1S/C25H31NO6/c1-14-21(25(28)32-16-8-5-6-9-16)22(23-17(26-14)10-7-11-18(23)27)15-12-19(29-2)24(31-4)20(13-15)30-3/h12-13,16,22,26H,5-11H2,1-4H3/t22-/m1/s1. The predicted octanol–water partition coefficient (Wildman–Crippen LogP) is 4.17. The SMILES string of the molecule is COc1cc([C@@H]2C(C(=O)OC3CCCC3)=C(C)NC3=C2C(=O)CCC3)cc(OC)c1OC. The maximum Gasteiger partial charge on any atom is 0.337 e. The fourth-order valence-corrected chi connectivity index (χ4v) is 5.08. The molecule has 7 heteroatoms. The van der Waals surface area contributed by atoms with E-state index in [4.69, 9.17) is 18.9 Å². The van der Waals surface area contributed by atoms with Gasteiger partial charge in [-0.05, 0) is 63.1 Å². The van der Waals surface area contributed by atoms with Crippen LogP contribution in [0.4, 0.5) is 0 Å². The molecule has 0 bridgehead atoms. The Morgan fingerprint density at radius 1 is 0.969 bits per heavy atom. The Hall–Kier alpha value is -2.96. The molecule has 0 unspecified atom stereocenters. The van der Waals surface area contributed by atoms with Crippen molar-refractivity contribution in [2.24, 2.45) is 0 Å². The van der Waals surface area contributed by atoms with Crippen LogP contribution in [0, 0.1) is 0 Å². The molecule has 1 fully saturated rings. The number of dihydropyridines is 1. The van der Waals surface area contributed by atoms with Crippen molar-refractivity contribution in [3.8, 4) is 17.2 Å². The number of Topliss-reactive ketones (excluding diaryl/α,β-unsaturated/α-hetero) is 1. The molecule has 0 aromatic heterocycles. The lowest BCUT2D eigenvalue weighted by Crippen LogP contribution is -2.35. The summed E-state index contributed by atoms with van der Waals surface area (Å²) in [5.41, 5.74) is 3.45. The third-order valence-electron chi connectivity index (χ3n) is 6.59. The van der Waals surface area contributed by atoms with E-state index in [2.05, 4.69) is 5.32 Å². The highest BCUT2D eigenvalue weighted by atomic mass is 16.5. The summed E-state index contributed by atoms with van der Waals surface area (Å²) in [4.78, 5) is 26.5. The number of hydrogen-bond acceptors (Lipinski definition) is 7. The van der Waals surface area contributed by atoms with Crippen LogP contribution in [0.2, 0.25) is 0 Å². The van der Waals surface area contributed by atoms with Gasteiger partial charge < -0.3 is 24.3 Å². The monoisotopic (exact) mass is 441 g/mol. The number of carbonyl (C=O) groups is 2. The summed E-state index contributed by atoms with van der Waals surface area (Å²) in [5, 5.41) is 3.33. The summed E-state index contributed by atoms with van der Waals surface area (Å²) in [6.45, 7) is 1.87. The van der Waals surface area contributed by atoms with Crippen molar-refractivity contribution < 1.29 is 28.5 Å². The average Bonchev–Trinajstić information content (AvgIpc) is 3.30. The van der Waals surface area contributed by atoms with Crippen LogP contribution in [0.15, 0.2) is 34.7 Å². The zero-order chi connectivity index (χ0) is 22.8. The molecule has 172 valence electrons. The molecule has 0 amide bonds. The lowest BCUT2D eigenvalue weighted by Gasteiger charge is -2.34. The normalized spacial score (nSPS) is 21.2. The second-order valence-corrected chi connectivity index (χ2v) is 8.54. The molecule has 1 saturated carbocycles. The molecule has 3 aliphatic rings. The van der Waals surface area contributed by atoms with Gasteiger partial charge in [-0.25, -0.2) is 4.79 Å². The average molecular weight is 442 g/mol. The highest BCUT2D eigenvalue weighted by molar-refractivity contribution is 6.03. The summed E-state index contributed by atoms with van der Waals surface area (Å²) in [7, 11) is 4.65. The zero-order valence-electron chi connectivity index (χ0n) is 19.2. The van der Waals surface area contributed by atoms with Gasteiger partial charge in [0.2, 0.25) is 5.75 Å². The van der Waals surface area contributed by atoms with Crippen molar-refractivity contribution in [1.29, 1.82) is 0 Å². The number of carbonyl (C=O) groups excluding carboxylic acids is 2. The van der Waals surface area contributed by atoms with Gasteiger partial charge >= 0.3 is 5.97 Å². The first-order chi connectivity index (χ1) is 15.5. The minimum atomic E-state index is -0.554. The van der Waals surface area contributed by atoms with Gasteiger partial charge in [0.15, 0.2) is 17.3 Å². The molecular weight excluding hydrogens is 410 g/mol. The molecule has 7 nitrogen and oxygen atoms in total. The van der Waals surface area contributed by atoms with Gasteiger partial charge in [-0.2, -0.15) is 0 Å². The quantitative estimate of drug-likeness (QED) is 0.664. The van der Waals surface area contributed by atoms with E-state index in [-0.39, 0.29) is 17.9 Å². The van der Waals surface area contributed by atoms with E-state index in [0.29, 0.717) is 34.8 Å². The van der Waals surface area contributed by atoms with Crippen molar-refractivity contribution in [1.82, 2.24) is 5.32 Å². The van der Waals surface area contributed by atoms with Crippen LogP contribution in [0.25, 0.3) is 0 Å². The number of ether oxygens (including phenoxy) is 4. The minimum Gasteiger partial charge on any atom is -0.493 e. The van der Waals surface area contributed by atoms with Crippen LogP contribution in [0.5, 0.6) is 17.2 Å². The van der Waals surface area contributed by atoms with Crippen LogP contribution in [-0.4, -0.2) is 39.2 Å². The number of hydrogen-bond donors (Lipinski definition) is 1. The summed E-state index contributed by atoms with van der Waals surface area (Å²) < 4.78 is 22.5. The second kappa shape index (κ2) is 9.27. The van der Waals surface area contributed by atoms with Gasteiger partial charge in [0, 0.05) is 29.3 Å². The number of ketones is 1. The molecule has 1 aliphatic heterocycles. The number of nitrogens with one attached hydrogen (secondary N) is 1. The maximum atomic E-state index is 13.4. The van der Waals surface area contributed by atoms with E-state index >= 15 is 0 Å². The first-order valence-corrected chi connectivity index (χ1v) is 11.2. The molecule has 1 heterocycles. The predicted molar refractivity (Wildman–Crippen MR) is 119 cm³/mol. The van der Waals surface area contributed by atoms with Crippen LogP contribution < -0.4 is 19.5 Å². The maximum absolute atomic E-state index is 13.4. The van der Waals surface area contributed by atoms with Gasteiger partial charge in [0.05, 0.1) is 26.9 Å². The van der Waals surface area contributed by atoms with E-state index in [9.17, 15) is 9.59 Å². The van der Waals surface area contributed by atoms with Crippen molar-refractivity contribution in [3.05, 3.63) is 40.2 Å². The van der Waals surface area contributed by atoms with Crippen LogP contribution >= 0.6 is 0 Å². The summed E-state index contributed by atoms with van der Waals surface area (Å²) >= 11 is 0. The van der Waals surface area contributed by atoms with Crippen molar-refractivity contribution in [3.63, 3.8) is 0 Å². The third-order valence-corrected chi connectivity index (χ3v) is 6.59. The number of methoxy groups -OCH3 is 3. The molecule has 0 radical (unpaired) electrons. The molecule has 1 atom stereocenters. The van der Waals surface area contributed by atoms with Gasteiger partial charge in [-0.15, -0.1) is 0 Å². The van der Waals surface area contributed by atoms with E-state index in [0.717, 1.165) is 55.5 Å². The van der Waals surface area contributed by atoms with Crippen molar-refractivity contribution in [2.45, 2.75) is 63.9 Å². The summed E-state index contributed by atoms with van der Waals surface area (Å²) in [6.07, 6.45) is 5.86. The lowest BCUT2D eigenvalue weighted by molar-refractivity contribution is -0.144. The van der Waals surface area contributed by atoms with Gasteiger partial charge in [-0.1, -0.05) is 0 Å². The Kier molecular flexibility index (Phi) is 6.44. The second-order valence-electron chi connectivity index (χ2n) is 8.54. The highest BCUT2D eigenvalue weighted by Gasteiger charge is 2.40. The number of allylic oxidation sites excluding steroid dienone is 3. The topological polar surface area (TPSA) is 83.1 Å². The lowest BCUT2D eigenvalue weighted by atomic mass is 9.75.